The second-order valence-corrected chi connectivity index (χ2v) is 6.68. The number of benzene rings is 1. The van der Waals surface area contributed by atoms with Gasteiger partial charge in [-0.3, -0.25) is 4.98 Å². The number of hydrogen-bond donors (Lipinski definition) is 0. The standard InChI is InChI=1S/C10H8ClNO2S2/c11-9-4-2-1-3-8(9)6-16(13,14)10-5-12-7-15-10/h1-5,7H,6H2. The highest BCUT2D eigenvalue weighted by Crippen LogP contribution is 2.23. The summed E-state index contributed by atoms with van der Waals surface area (Å²) in [6.07, 6.45) is 1.36. The predicted molar refractivity (Wildman–Crippen MR) is 64.5 cm³/mol. The molecule has 0 N–H and O–H groups in total. The third kappa shape index (κ3) is 2.42. The highest BCUT2D eigenvalue weighted by atomic mass is 35.5. The molecule has 2 aromatic rings. The van der Waals surface area contributed by atoms with Crippen molar-refractivity contribution in [1.29, 1.82) is 0 Å². The number of halogens is 1. The molecule has 1 aromatic carbocycles. The molecule has 2 rings (SSSR count). The van der Waals surface area contributed by atoms with Gasteiger partial charge in [-0.25, -0.2) is 8.42 Å². The molecule has 16 heavy (non-hydrogen) atoms. The Labute approximate surface area is 103 Å². The van der Waals surface area contributed by atoms with E-state index in [1.54, 1.807) is 24.3 Å². The van der Waals surface area contributed by atoms with Gasteiger partial charge in [0.1, 0.15) is 4.21 Å². The Hall–Kier alpha value is -0.910. The van der Waals surface area contributed by atoms with Crippen molar-refractivity contribution >= 4 is 32.8 Å². The first kappa shape index (κ1) is 11.6. The second-order valence-electron chi connectivity index (χ2n) is 3.17. The molecule has 0 bridgehead atoms. The Kier molecular flexibility index (Phi) is 3.28. The Morgan fingerprint density at radius 2 is 2.06 bits per heavy atom. The highest BCUT2D eigenvalue weighted by Gasteiger charge is 2.18. The Morgan fingerprint density at radius 3 is 2.69 bits per heavy atom. The molecule has 84 valence electrons. The van der Waals surface area contributed by atoms with Crippen LogP contribution in [0.5, 0.6) is 0 Å². The van der Waals surface area contributed by atoms with E-state index in [1.807, 2.05) is 0 Å². The van der Waals surface area contributed by atoms with Crippen molar-refractivity contribution in [2.75, 3.05) is 0 Å². The molecule has 0 amide bonds. The van der Waals surface area contributed by atoms with Gasteiger partial charge in [0.25, 0.3) is 0 Å². The van der Waals surface area contributed by atoms with Crippen molar-refractivity contribution in [2.24, 2.45) is 0 Å². The van der Waals surface area contributed by atoms with Crippen molar-refractivity contribution in [3.8, 4) is 0 Å². The monoisotopic (exact) mass is 273 g/mol. The average molecular weight is 274 g/mol. The summed E-state index contributed by atoms with van der Waals surface area (Å²) < 4.78 is 24.1. The van der Waals surface area contributed by atoms with Gasteiger partial charge in [-0.1, -0.05) is 29.8 Å². The summed E-state index contributed by atoms with van der Waals surface area (Å²) in [5.74, 6) is -0.0884. The van der Waals surface area contributed by atoms with Crippen LogP contribution in [0.1, 0.15) is 5.56 Å². The smallest absolute Gasteiger partial charge is 0.193 e. The molecule has 0 aliphatic carbocycles. The minimum Gasteiger partial charge on any atom is -0.252 e. The maximum atomic E-state index is 11.9. The van der Waals surface area contributed by atoms with Crippen LogP contribution < -0.4 is 0 Å². The molecule has 6 heteroatoms. The summed E-state index contributed by atoms with van der Waals surface area (Å²) >= 11 is 7.03. The summed E-state index contributed by atoms with van der Waals surface area (Å²) in [4.78, 5) is 3.76. The Bertz CT molecular complexity index is 579. The van der Waals surface area contributed by atoms with E-state index in [0.717, 1.165) is 11.3 Å². The van der Waals surface area contributed by atoms with Crippen LogP contribution in [0.2, 0.25) is 5.02 Å². The molecule has 0 radical (unpaired) electrons. The van der Waals surface area contributed by atoms with E-state index >= 15 is 0 Å². The van der Waals surface area contributed by atoms with Crippen LogP contribution in [0.3, 0.4) is 0 Å². The highest BCUT2D eigenvalue weighted by molar-refractivity contribution is 7.92. The molecule has 0 spiro atoms. The number of hydrogen-bond acceptors (Lipinski definition) is 4. The summed E-state index contributed by atoms with van der Waals surface area (Å²) in [5, 5.41) is 0.468. The van der Waals surface area contributed by atoms with Crippen molar-refractivity contribution in [2.45, 2.75) is 9.96 Å². The third-order valence-corrected chi connectivity index (χ3v) is 5.41. The Balaban J connectivity index is 2.33. The fraction of sp³-hybridized carbons (Fsp3) is 0.100. The van der Waals surface area contributed by atoms with E-state index in [9.17, 15) is 8.42 Å². The molecule has 1 aromatic heterocycles. The molecule has 1 heterocycles. The van der Waals surface area contributed by atoms with Gasteiger partial charge in [-0.05, 0) is 11.6 Å². The van der Waals surface area contributed by atoms with Crippen LogP contribution in [-0.2, 0) is 15.6 Å². The van der Waals surface area contributed by atoms with Gasteiger partial charge < -0.3 is 0 Å². The molecule has 0 saturated carbocycles. The van der Waals surface area contributed by atoms with Gasteiger partial charge >= 0.3 is 0 Å². The van der Waals surface area contributed by atoms with Gasteiger partial charge in [0.15, 0.2) is 9.84 Å². The predicted octanol–water partition coefficient (Wildman–Crippen LogP) is 2.77. The molecule has 0 saturated heterocycles. The first-order valence-electron chi connectivity index (χ1n) is 4.44. The molecular weight excluding hydrogens is 266 g/mol. The summed E-state index contributed by atoms with van der Waals surface area (Å²) in [6.45, 7) is 0. The van der Waals surface area contributed by atoms with E-state index in [0.29, 0.717) is 10.6 Å². The number of thiazole rings is 1. The minimum absolute atomic E-state index is 0.0884. The maximum absolute atomic E-state index is 11.9. The molecule has 0 aliphatic heterocycles. The van der Waals surface area contributed by atoms with E-state index in [4.69, 9.17) is 11.6 Å². The molecular formula is C10H8ClNO2S2. The lowest BCUT2D eigenvalue weighted by Gasteiger charge is -2.03. The fourth-order valence-electron chi connectivity index (χ4n) is 1.25. The van der Waals surface area contributed by atoms with Crippen molar-refractivity contribution < 1.29 is 8.42 Å². The number of sulfone groups is 1. The lowest BCUT2D eigenvalue weighted by molar-refractivity contribution is 0.597. The summed E-state index contributed by atoms with van der Waals surface area (Å²) in [7, 11) is -3.32. The molecule has 0 unspecified atom stereocenters. The van der Waals surface area contributed by atoms with E-state index in [-0.39, 0.29) is 9.96 Å². The normalized spacial score (nSPS) is 11.6. The van der Waals surface area contributed by atoms with Gasteiger partial charge in [-0.15, -0.1) is 11.3 Å². The lowest BCUT2D eigenvalue weighted by atomic mass is 10.2. The number of aromatic nitrogens is 1. The average Bonchev–Trinajstić information content (AvgIpc) is 2.75. The molecule has 0 aliphatic rings. The lowest BCUT2D eigenvalue weighted by Crippen LogP contribution is -2.03. The van der Waals surface area contributed by atoms with E-state index in [1.165, 1.54) is 11.7 Å². The number of nitrogens with zero attached hydrogens (tertiary/aromatic N) is 1. The minimum atomic E-state index is -3.32. The Morgan fingerprint density at radius 1 is 1.31 bits per heavy atom. The van der Waals surface area contributed by atoms with E-state index < -0.39 is 9.84 Å². The van der Waals surface area contributed by atoms with Crippen LogP contribution in [0.25, 0.3) is 0 Å². The van der Waals surface area contributed by atoms with Crippen LogP contribution in [0.15, 0.2) is 40.2 Å². The topological polar surface area (TPSA) is 47.0 Å². The van der Waals surface area contributed by atoms with Crippen LogP contribution in [-0.4, -0.2) is 13.4 Å². The van der Waals surface area contributed by atoms with Gasteiger partial charge in [0, 0.05) is 5.02 Å². The first-order valence-corrected chi connectivity index (χ1v) is 7.35. The van der Waals surface area contributed by atoms with Crippen molar-refractivity contribution in [3.63, 3.8) is 0 Å². The van der Waals surface area contributed by atoms with Crippen LogP contribution in [0, 0.1) is 0 Å². The van der Waals surface area contributed by atoms with E-state index in [2.05, 4.69) is 4.98 Å². The summed E-state index contributed by atoms with van der Waals surface area (Å²) in [5.41, 5.74) is 2.11. The van der Waals surface area contributed by atoms with Gasteiger partial charge in [0.2, 0.25) is 0 Å². The van der Waals surface area contributed by atoms with Crippen LogP contribution >= 0.6 is 22.9 Å². The van der Waals surface area contributed by atoms with Crippen molar-refractivity contribution in [1.82, 2.24) is 4.98 Å². The van der Waals surface area contributed by atoms with Crippen molar-refractivity contribution in [3.05, 3.63) is 46.6 Å². The van der Waals surface area contributed by atoms with Gasteiger partial charge in [0.05, 0.1) is 17.5 Å². The molecule has 3 nitrogen and oxygen atoms in total. The molecule has 0 atom stereocenters. The SMILES string of the molecule is O=S(=O)(Cc1ccccc1Cl)c1cncs1. The maximum Gasteiger partial charge on any atom is 0.193 e. The largest absolute Gasteiger partial charge is 0.252 e. The third-order valence-electron chi connectivity index (χ3n) is 2.02. The fourth-order valence-corrected chi connectivity index (χ4v) is 3.80. The van der Waals surface area contributed by atoms with Crippen LogP contribution in [0.4, 0.5) is 0 Å². The summed E-state index contributed by atoms with van der Waals surface area (Å²) in [6, 6.07) is 6.93. The zero-order chi connectivity index (χ0) is 11.6. The quantitative estimate of drug-likeness (QED) is 0.864. The first-order chi connectivity index (χ1) is 7.59. The second kappa shape index (κ2) is 4.53. The zero-order valence-electron chi connectivity index (χ0n) is 8.13. The molecule has 0 fully saturated rings. The number of rotatable bonds is 3. The van der Waals surface area contributed by atoms with Gasteiger partial charge in [-0.2, -0.15) is 0 Å². The zero-order valence-corrected chi connectivity index (χ0v) is 10.5.